The summed E-state index contributed by atoms with van der Waals surface area (Å²) >= 11 is 0. The van der Waals surface area contributed by atoms with Gasteiger partial charge < -0.3 is 5.11 Å². The molecule has 0 radical (unpaired) electrons. The summed E-state index contributed by atoms with van der Waals surface area (Å²) in [5, 5.41) is 10.2. The first-order chi connectivity index (χ1) is 6.58. The largest absolute Gasteiger partial charge is 0.389 e. The maximum Gasteiger partial charge on any atom is 0.0719 e. The van der Waals surface area contributed by atoms with Crippen molar-refractivity contribution in [1.82, 2.24) is 0 Å². The Bertz CT molecular complexity index is 287. The van der Waals surface area contributed by atoms with Crippen LogP contribution in [0.25, 0.3) is 0 Å². The summed E-state index contributed by atoms with van der Waals surface area (Å²) in [4.78, 5) is 0. The molecule has 14 heavy (non-hydrogen) atoms. The zero-order chi connectivity index (χ0) is 10.6. The fourth-order valence-corrected chi connectivity index (χ4v) is 1.57. The average Bonchev–Trinajstić information content (AvgIpc) is 2.18. The van der Waals surface area contributed by atoms with Crippen LogP contribution in [0.3, 0.4) is 0 Å². The van der Waals surface area contributed by atoms with Crippen molar-refractivity contribution in [3.8, 4) is 0 Å². The van der Waals surface area contributed by atoms with Crippen molar-refractivity contribution < 1.29 is 5.11 Å². The molecule has 1 N–H and O–H groups in total. The van der Waals surface area contributed by atoms with Crippen LogP contribution >= 0.6 is 0 Å². The summed E-state index contributed by atoms with van der Waals surface area (Å²) in [6, 6.07) is 10.1. The quantitative estimate of drug-likeness (QED) is 0.723. The van der Waals surface area contributed by atoms with Gasteiger partial charge in [-0.25, -0.2) is 0 Å². The van der Waals surface area contributed by atoms with Gasteiger partial charge in [0.1, 0.15) is 0 Å². The van der Waals surface area contributed by atoms with Crippen LogP contribution in [0.2, 0.25) is 0 Å². The zero-order valence-corrected chi connectivity index (χ0v) is 8.90. The fraction of sp³-hybridized carbons (Fsp3) is 0.385. The van der Waals surface area contributed by atoms with E-state index >= 15 is 0 Å². The molecule has 0 spiro atoms. The molecule has 0 aromatic heterocycles. The van der Waals surface area contributed by atoms with E-state index in [9.17, 15) is 5.11 Å². The summed E-state index contributed by atoms with van der Waals surface area (Å²) in [5.74, 6) is 0.127. The fourth-order valence-electron chi connectivity index (χ4n) is 1.57. The average molecular weight is 190 g/mol. The predicted molar refractivity (Wildman–Crippen MR) is 60.3 cm³/mol. The van der Waals surface area contributed by atoms with Crippen molar-refractivity contribution in [2.45, 2.75) is 31.8 Å². The van der Waals surface area contributed by atoms with Crippen LogP contribution < -0.4 is 0 Å². The molecule has 1 aromatic rings. The second-order valence-electron chi connectivity index (χ2n) is 3.98. The second-order valence-corrected chi connectivity index (χ2v) is 3.98. The predicted octanol–water partition coefficient (Wildman–Crippen LogP) is 3.12. The number of benzene rings is 1. The van der Waals surface area contributed by atoms with Gasteiger partial charge in [0.25, 0.3) is 0 Å². The lowest BCUT2D eigenvalue weighted by Gasteiger charge is -2.29. The molecule has 0 fully saturated rings. The Kier molecular flexibility index (Phi) is 3.48. The van der Waals surface area contributed by atoms with Crippen molar-refractivity contribution in [3.05, 3.63) is 48.6 Å². The summed E-state index contributed by atoms with van der Waals surface area (Å²) in [6.45, 7) is 7.56. The standard InChI is InChI=1S/C13H18O/c1-4-10-13(3,14)11(2)12-8-6-5-7-9-12/h4-9,11,14H,1,10H2,2-3H3/t11-,13-/m0/s1. The lowest BCUT2D eigenvalue weighted by atomic mass is 9.83. The topological polar surface area (TPSA) is 20.2 Å². The van der Waals surface area contributed by atoms with Gasteiger partial charge in [0.05, 0.1) is 5.60 Å². The van der Waals surface area contributed by atoms with Gasteiger partial charge in [-0.1, -0.05) is 43.3 Å². The van der Waals surface area contributed by atoms with E-state index in [4.69, 9.17) is 0 Å². The van der Waals surface area contributed by atoms with Crippen LogP contribution in [0, 0.1) is 0 Å². The highest BCUT2D eigenvalue weighted by Gasteiger charge is 2.27. The van der Waals surface area contributed by atoms with E-state index in [0.29, 0.717) is 6.42 Å². The first-order valence-electron chi connectivity index (χ1n) is 4.96. The summed E-state index contributed by atoms with van der Waals surface area (Å²) < 4.78 is 0. The van der Waals surface area contributed by atoms with E-state index in [-0.39, 0.29) is 5.92 Å². The van der Waals surface area contributed by atoms with E-state index in [1.807, 2.05) is 44.2 Å². The van der Waals surface area contributed by atoms with Crippen LogP contribution in [0.4, 0.5) is 0 Å². The molecule has 0 aliphatic heterocycles. The van der Waals surface area contributed by atoms with Crippen molar-refractivity contribution in [3.63, 3.8) is 0 Å². The molecule has 1 aromatic carbocycles. The van der Waals surface area contributed by atoms with Crippen molar-refractivity contribution in [1.29, 1.82) is 0 Å². The Hall–Kier alpha value is -1.08. The smallest absolute Gasteiger partial charge is 0.0719 e. The Morgan fingerprint density at radius 2 is 2.00 bits per heavy atom. The molecule has 0 bridgehead atoms. The Morgan fingerprint density at radius 3 is 2.50 bits per heavy atom. The van der Waals surface area contributed by atoms with Crippen LogP contribution in [-0.2, 0) is 0 Å². The monoisotopic (exact) mass is 190 g/mol. The van der Waals surface area contributed by atoms with Crippen LogP contribution in [0.1, 0.15) is 31.7 Å². The molecule has 0 saturated heterocycles. The molecule has 76 valence electrons. The van der Waals surface area contributed by atoms with Gasteiger partial charge in [-0.2, -0.15) is 0 Å². The van der Waals surface area contributed by atoms with Gasteiger partial charge >= 0.3 is 0 Å². The lowest BCUT2D eigenvalue weighted by Crippen LogP contribution is -2.30. The van der Waals surface area contributed by atoms with Crippen LogP contribution in [-0.4, -0.2) is 10.7 Å². The van der Waals surface area contributed by atoms with Gasteiger partial charge in [-0.15, -0.1) is 6.58 Å². The van der Waals surface area contributed by atoms with E-state index in [0.717, 1.165) is 0 Å². The van der Waals surface area contributed by atoms with Gasteiger partial charge in [0, 0.05) is 5.92 Å². The van der Waals surface area contributed by atoms with Gasteiger partial charge in [-0.3, -0.25) is 0 Å². The van der Waals surface area contributed by atoms with E-state index < -0.39 is 5.60 Å². The maximum absolute atomic E-state index is 10.2. The summed E-state index contributed by atoms with van der Waals surface area (Å²) in [7, 11) is 0. The van der Waals surface area contributed by atoms with E-state index in [1.165, 1.54) is 5.56 Å². The molecular weight excluding hydrogens is 172 g/mol. The van der Waals surface area contributed by atoms with E-state index in [2.05, 4.69) is 6.58 Å². The van der Waals surface area contributed by atoms with Gasteiger partial charge in [0.15, 0.2) is 0 Å². The van der Waals surface area contributed by atoms with Crippen molar-refractivity contribution >= 4 is 0 Å². The van der Waals surface area contributed by atoms with Crippen LogP contribution in [0.5, 0.6) is 0 Å². The van der Waals surface area contributed by atoms with Gasteiger partial charge in [0.2, 0.25) is 0 Å². The minimum atomic E-state index is -0.705. The normalized spacial score (nSPS) is 17.1. The first kappa shape index (κ1) is 11.0. The number of rotatable bonds is 4. The third kappa shape index (κ3) is 2.46. The molecule has 1 rings (SSSR count). The molecule has 0 aliphatic carbocycles. The minimum absolute atomic E-state index is 0.127. The number of aliphatic hydroxyl groups is 1. The SMILES string of the molecule is C=CC[C@](C)(O)[C@@H](C)c1ccccc1. The summed E-state index contributed by atoms with van der Waals surface area (Å²) in [6.07, 6.45) is 2.38. The minimum Gasteiger partial charge on any atom is -0.389 e. The third-order valence-electron chi connectivity index (χ3n) is 2.79. The van der Waals surface area contributed by atoms with Crippen molar-refractivity contribution in [2.75, 3.05) is 0 Å². The molecule has 0 heterocycles. The first-order valence-corrected chi connectivity index (χ1v) is 4.96. The van der Waals surface area contributed by atoms with Crippen LogP contribution in [0.15, 0.2) is 43.0 Å². The molecule has 0 unspecified atom stereocenters. The second kappa shape index (κ2) is 4.43. The molecule has 0 aliphatic rings. The molecule has 0 amide bonds. The summed E-state index contributed by atoms with van der Waals surface area (Å²) in [5.41, 5.74) is 0.461. The highest BCUT2D eigenvalue weighted by atomic mass is 16.3. The number of hydrogen-bond acceptors (Lipinski definition) is 1. The lowest BCUT2D eigenvalue weighted by molar-refractivity contribution is 0.0392. The molecule has 1 heteroatoms. The highest BCUT2D eigenvalue weighted by molar-refractivity contribution is 5.22. The maximum atomic E-state index is 10.2. The zero-order valence-electron chi connectivity index (χ0n) is 8.90. The molecular formula is C13H18O. The molecule has 0 saturated carbocycles. The Morgan fingerprint density at radius 1 is 1.43 bits per heavy atom. The molecule has 1 nitrogen and oxygen atoms in total. The Balaban J connectivity index is 2.84. The van der Waals surface area contributed by atoms with Gasteiger partial charge in [-0.05, 0) is 18.9 Å². The highest BCUT2D eigenvalue weighted by Crippen LogP contribution is 2.30. The van der Waals surface area contributed by atoms with Crippen molar-refractivity contribution in [2.24, 2.45) is 0 Å². The van der Waals surface area contributed by atoms with E-state index in [1.54, 1.807) is 6.08 Å². The number of hydrogen-bond donors (Lipinski definition) is 1. The third-order valence-corrected chi connectivity index (χ3v) is 2.79. The Labute approximate surface area is 86.1 Å². The molecule has 2 atom stereocenters.